The van der Waals surface area contributed by atoms with Crippen molar-refractivity contribution in [3.05, 3.63) is 23.8 Å². The topological polar surface area (TPSA) is 42.2 Å². The molecule has 1 aromatic carbocycles. The molecule has 20 heavy (non-hydrogen) atoms. The smallest absolute Gasteiger partial charge is 0.395 e. The molecular formula is C15H15F2NO2. The van der Waals surface area contributed by atoms with Crippen molar-refractivity contribution in [2.75, 3.05) is 0 Å². The van der Waals surface area contributed by atoms with Crippen LogP contribution in [-0.4, -0.2) is 6.29 Å². The van der Waals surface area contributed by atoms with Crippen molar-refractivity contribution in [1.82, 2.24) is 0 Å². The monoisotopic (exact) mass is 279 g/mol. The minimum atomic E-state index is -3.63. The minimum Gasteiger partial charge on any atom is -0.395 e. The fourth-order valence-corrected chi connectivity index (χ4v) is 3.56. The van der Waals surface area contributed by atoms with Gasteiger partial charge in [0.05, 0.1) is 11.5 Å². The summed E-state index contributed by atoms with van der Waals surface area (Å²) >= 11 is 0. The summed E-state index contributed by atoms with van der Waals surface area (Å²) in [5, 5.41) is 9.66. The number of hydrogen-bond donors (Lipinski definition) is 0. The highest BCUT2D eigenvalue weighted by Crippen LogP contribution is 2.77. The van der Waals surface area contributed by atoms with Gasteiger partial charge in [-0.2, -0.15) is 5.26 Å². The van der Waals surface area contributed by atoms with Crippen LogP contribution in [0.25, 0.3) is 0 Å². The molecular weight excluding hydrogens is 264 g/mol. The van der Waals surface area contributed by atoms with Crippen LogP contribution in [0.4, 0.5) is 8.78 Å². The zero-order chi connectivity index (χ0) is 15.0. The number of benzene rings is 1. The summed E-state index contributed by atoms with van der Waals surface area (Å²) in [6.07, 6.45) is -3.63. The molecule has 0 unspecified atom stereocenters. The molecule has 1 aromatic rings. The van der Waals surface area contributed by atoms with Gasteiger partial charge in [-0.05, 0) is 28.5 Å². The summed E-state index contributed by atoms with van der Waals surface area (Å²) in [5.41, 5.74) is -0.512. The second kappa shape index (κ2) is 3.25. The van der Waals surface area contributed by atoms with Crippen LogP contribution in [0.2, 0.25) is 0 Å². The van der Waals surface area contributed by atoms with Crippen LogP contribution < -0.4 is 9.47 Å². The third-order valence-corrected chi connectivity index (χ3v) is 5.38. The Kier molecular flexibility index (Phi) is 2.14. The van der Waals surface area contributed by atoms with Gasteiger partial charge >= 0.3 is 6.29 Å². The van der Waals surface area contributed by atoms with Crippen molar-refractivity contribution < 1.29 is 18.3 Å². The molecule has 0 saturated heterocycles. The minimum absolute atomic E-state index is 0.00287. The second-order valence-electron chi connectivity index (χ2n) is 6.44. The molecule has 106 valence electrons. The van der Waals surface area contributed by atoms with E-state index >= 15 is 0 Å². The lowest BCUT2D eigenvalue weighted by Gasteiger charge is -2.13. The fourth-order valence-electron chi connectivity index (χ4n) is 3.56. The maximum atomic E-state index is 13.1. The Hall–Kier alpha value is -1.83. The van der Waals surface area contributed by atoms with Crippen LogP contribution >= 0.6 is 0 Å². The number of fused-ring (bicyclic) bond motifs is 1. The van der Waals surface area contributed by atoms with E-state index in [4.69, 9.17) is 0 Å². The first-order valence-electron chi connectivity index (χ1n) is 6.41. The lowest BCUT2D eigenvalue weighted by Crippen LogP contribution is -2.26. The quantitative estimate of drug-likeness (QED) is 0.784. The maximum Gasteiger partial charge on any atom is 0.586 e. The predicted molar refractivity (Wildman–Crippen MR) is 67.5 cm³/mol. The molecule has 0 spiro atoms. The van der Waals surface area contributed by atoms with Gasteiger partial charge in [0.2, 0.25) is 0 Å². The maximum absolute atomic E-state index is 13.1. The SMILES string of the molecule is CC1(C)C(C)(C)C1(C#N)c1ccc2c(c1)OC(F)(F)O2. The first-order chi connectivity index (χ1) is 9.09. The van der Waals surface area contributed by atoms with Gasteiger partial charge < -0.3 is 9.47 Å². The highest BCUT2D eigenvalue weighted by molar-refractivity contribution is 5.56. The fraction of sp³-hybridized carbons (Fsp3) is 0.533. The van der Waals surface area contributed by atoms with Crippen LogP contribution in [0.3, 0.4) is 0 Å². The lowest BCUT2D eigenvalue weighted by atomic mass is 9.87. The van der Waals surface area contributed by atoms with Crippen molar-refractivity contribution in [2.24, 2.45) is 10.8 Å². The van der Waals surface area contributed by atoms with E-state index in [1.807, 2.05) is 27.7 Å². The summed E-state index contributed by atoms with van der Waals surface area (Å²) in [6, 6.07) is 6.98. The first-order valence-corrected chi connectivity index (χ1v) is 6.41. The number of rotatable bonds is 1. The van der Waals surface area contributed by atoms with Gasteiger partial charge in [-0.15, -0.1) is 8.78 Å². The lowest BCUT2D eigenvalue weighted by molar-refractivity contribution is -0.286. The van der Waals surface area contributed by atoms with Gasteiger partial charge in [-0.25, -0.2) is 0 Å². The van der Waals surface area contributed by atoms with E-state index < -0.39 is 11.7 Å². The van der Waals surface area contributed by atoms with E-state index in [0.29, 0.717) is 5.56 Å². The molecule has 0 N–H and O–H groups in total. The van der Waals surface area contributed by atoms with E-state index in [-0.39, 0.29) is 22.3 Å². The Morgan fingerprint density at radius 2 is 1.55 bits per heavy atom. The average molecular weight is 279 g/mol. The van der Waals surface area contributed by atoms with Crippen LogP contribution in [-0.2, 0) is 5.41 Å². The van der Waals surface area contributed by atoms with Crippen LogP contribution in [0.5, 0.6) is 11.5 Å². The van der Waals surface area contributed by atoms with Gasteiger partial charge in [0.15, 0.2) is 11.5 Å². The summed E-state index contributed by atoms with van der Waals surface area (Å²) in [5.74, 6) is -0.0104. The number of hydrogen-bond acceptors (Lipinski definition) is 3. The number of halogens is 2. The molecule has 5 heteroatoms. The Morgan fingerprint density at radius 1 is 1.00 bits per heavy atom. The van der Waals surface area contributed by atoms with Crippen molar-refractivity contribution in [3.63, 3.8) is 0 Å². The third-order valence-electron chi connectivity index (χ3n) is 5.38. The van der Waals surface area contributed by atoms with Gasteiger partial charge in [-0.3, -0.25) is 0 Å². The average Bonchev–Trinajstić information content (AvgIpc) is 2.56. The third kappa shape index (κ3) is 1.22. The Balaban J connectivity index is 2.09. The van der Waals surface area contributed by atoms with Crippen molar-refractivity contribution in [2.45, 2.75) is 39.4 Å². The molecule has 3 rings (SSSR count). The number of ether oxygens (including phenoxy) is 2. The molecule has 0 amide bonds. The molecule has 0 radical (unpaired) electrons. The molecule has 0 aromatic heterocycles. The molecule has 1 heterocycles. The van der Waals surface area contributed by atoms with E-state index in [1.165, 1.54) is 12.1 Å². The molecule has 1 fully saturated rings. The number of nitrogens with zero attached hydrogens (tertiary/aromatic N) is 1. The molecule has 3 nitrogen and oxygen atoms in total. The summed E-state index contributed by atoms with van der Waals surface area (Å²) in [6.45, 7) is 8.04. The van der Waals surface area contributed by atoms with Gasteiger partial charge in [0.25, 0.3) is 0 Å². The van der Waals surface area contributed by atoms with Gasteiger partial charge in [0, 0.05) is 0 Å². The van der Waals surface area contributed by atoms with Crippen molar-refractivity contribution in [3.8, 4) is 17.6 Å². The Labute approximate surface area is 116 Å². The summed E-state index contributed by atoms with van der Waals surface area (Å²) in [7, 11) is 0. The predicted octanol–water partition coefficient (Wildman–Crippen LogP) is 3.84. The first kappa shape index (κ1) is 13.2. The van der Waals surface area contributed by atoms with Gasteiger partial charge in [-0.1, -0.05) is 33.8 Å². The second-order valence-corrected chi connectivity index (χ2v) is 6.44. The van der Waals surface area contributed by atoms with Crippen LogP contribution in [0.15, 0.2) is 18.2 Å². The zero-order valence-corrected chi connectivity index (χ0v) is 11.8. The van der Waals surface area contributed by atoms with E-state index in [9.17, 15) is 14.0 Å². The number of nitriles is 1. The molecule has 0 atom stereocenters. The van der Waals surface area contributed by atoms with Crippen LogP contribution in [0, 0.1) is 22.2 Å². The Bertz CT molecular complexity index is 630. The largest absolute Gasteiger partial charge is 0.586 e. The summed E-state index contributed by atoms with van der Waals surface area (Å²) < 4.78 is 35.0. The number of alkyl halides is 2. The standard InChI is InChI=1S/C15H15F2NO2/c1-12(2)13(3,4)14(12,8-18)9-5-6-10-11(7-9)20-15(16,17)19-10/h5-7H,1-4H3. The molecule has 0 bridgehead atoms. The van der Waals surface area contributed by atoms with Crippen LogP contribution in [0.1, 0.15) is 33.3 Å². The Morgan fingerprint density at radius 3 is 2.05 bits per heavy atom. The summed E-state index contributed by atoms with van der Waals surface area (Å²) in [4.78, 5) is 0. The van der Waals surface area contributed by atoms with Crippen molar-refractivity contribution in [1.29, 1.82) is 5.26 Å². The highest BCUT2D eigenvalue weighted by Gasteiger charge is 2.78. The van der Waals surface area contributed by atoms with E-state index in [1.54, 1.807) is 6.07 Å². The van der Waals surface area contributed by atoms with E-state index in [0.717, 1.165) is 0 Å². The highest BCUT2D eigenvalue weighted by atomic mass is 19.3. The normalized spacial score (nSPS) is 25.9. The molecule has 1 aliphatic heterocycles. The molecule has 2 aliphatic rings. The van der Waals surface area contributed by atoms with Crippen molar-refractivity contribution >= 4 is 0 Å². The van der Waals surface area contributed by atoms with E-state index in [2.05, 4.69) is 15.5 Å². The molecule has 1 saturated carbocycles. The zero-order valence-electron chi connectivity index (χ0n) is 11.8. The molecule has 1 aliphatic carbocycles. The van der Waals surface area contributed by atoms with Gasteiger partial charge in [0.1, 0.15) is 0 Å².